The molecule has 2 atom stereocenters. The van der Waals surface area contributed by atoms with Crippen molar-refractivity contribution in [3.8, 4) is 0 Å². The fourth-order valence-electron chi connectivity index (χ4n) is 1.48. The molecule has 0 spiro atoms. The average molecular weight is 142 g/mol. The molecule has 2 heteroatoms. The van der Waals surface area contributed by atoms with Crippen molar-refractivity contribution in [1.29, 1.82) is 0 Å². The lowest BCUT2D eigenvalue weighted by molar-refractivity contribution is -0.190. The Morgan fingerprint density at radius 2 is 1.80 bits per heavy atom. The molecular weight excluding hydrogens is 128 g/mol. The Labute approximate surface area is 61.5 Å². The van der Waals surface area contributed by atoms with Crippen LogP contribution in [0.1, 0.15) is 19.8 Å². The number of hydrogen-bond donors (Lipinski definition) is 0. The van der Waals surface area contributed by atoms with Gasteiger partial charge >= 0.3 is 0 Å². The Kier molecular flexibility index (Phi) is 1.66. The van der Waals surface area contributed by atoms with Crippen molar-refractivity contribution in [2.45, 2.75) is 26.1 Å². The molecule has 0 radical (unpaired) electrons. The van der Waals surface area contributed by atoms with E-state index in [9.17, 15) is 0 Å². The summed E-state index contributed by atoms with van der Waals surface area (Å²) in [5, 5.41) is 0. The minimum absolute atomic E-state index is 0.142. The maximum Gasteiger partial charge on any atom is 0.160 e. The summed E-state index contributed by atoms with van der Waals surface area (Å²) in [5.74, 6) is 1.54. The molecule has 2 rings (SSSR count). The molecule has 0 aromatic rings. The zero-order chi connectivity index (χ0) is 6.97. The van der Waals surface area contributed by atoms with E-state index in [1.807, 2.05) is 0 Å². The van der Waals surface area contributed by atoms with Crippen LogP contribution >= 0.6 is 0 Å². The number of rotatable bonds is 1. The third-order valence-electron chi connectivity index (χ3n) is 2.37. The van der Waals surface area contributed by atoms with Crippen LogP contribution in [0.5, 0.6) is 0 Å². The number of hydrogen-bond acceptors (Lipinski definition) is 2. The normalized spacial score (nSPS) is 41.7. The van der Waals surface area contributed by atoms with Crippen molar-refractivity contribution < 1.29 is 9.47 Å². The fraction of sp³-hybridized carbons (Fsp3) is 1.00. The summed E-state index contributed by atoms with van der Waals surface area (Å²) >= 11 is 0. The van der Waals surface area contributed by atoms with Crippen LogP contribution in [-0.2, 0) is 9.47 Å². The van der Waals surface area contributed by atoms with Crippen molar-refractivity contribution in [3.63, 3.8) is 0 Å². The van der Waals surface area contributed by atoms with Crippen LogP contribution in [0.25, 0.3) is 0 Å². The van der Waals surface area contributed by atoms with Gasteiger partial charge in [-0.3, -0.25) is 0 Å². The Balaban J connectivity index is 1.81. The molecule has 1 aliphatic carbocycles. The molecule has 58 valence electrons. The molecular formula is C8H14O2. The van der Waals surface area contributed by atoms with E-state index in [0.717, 1.165) is 25.6 Å². The monoisotopic (exact) mass is 142 g/mol. The maximum absolute atomic E-state index is 5.45. The second-order valence-electron chi connectivity index (χ2n) is 3.34. The number of ether oxygens (including phenoxy) is 2. The summed E-state index contributed by atoms with van der Waals surface area (Å²) in [6.45, 7) is 4.05. The zero-order valence-electron chi connectivity index (χ0n) is 6.38. The Hall–Kier alpha value is -0.0800. The van der Waals surface area contributed by atoms with Crippen molar-refractivity contribution in [1.82, 2.24) is 0 Å². The van der Waals surface area contributed by atoms with Crippen molar-refractivity contribution in [2.24, 2.45) is 11.8 Å². The van der Waals surface area contributed by atoms with E-state index in [1.165, 1.54) is 6.42 Å². The van der Waals surface area contributed by atoms with E-state index in [2.05, 4.69) is 6.92 Å². The first-order valence-corrected chi connectivity index (χ1v) is 4.11. The summed E-state index contributed by atoms with van der Waals surface area (Å²) in [4.78, 5) is 0. The van der Waals surface area contributed by atoms with Crippen LogP contribution in [0.2, 0.25) is 0 Å². The molecule has 1 aliphatic heterocycles. The molecule has 2 aliphatic rings. The van der Waals surface area contributed by atoms with E-state index in [4.69, 9.17) is 9.47 Å². The first-order chi connectivity index (χ1) is 4.88. The SMILES string of the molecule is CC1CC1C1OCCCO1. The van der Waals surface area contributed by atoms with Crippen LogP contribution in [0, 0.1) is 11.8 Å². The summed E-state index contributed by atoms with van der Waals surface area (Å²) in [6, 6.07) is 0. The molecule has 2 fully saturated rings. The molecule has 1 heterocycles. The van der Waals surface area contributed by atoms with Gasteiger partial charge in [-0.1, -0.05) is 6.92 Å². The molecule has 10 heavy (non-hydrogen) atoms. The summed E-state index contributed by atoms with van der Waals surface area (Å²) in [5.41, 5.74) is 0. The average Bonchev–Trinajstić information content (AvgIpc) is 2.69. The predicted octanol–water partition coefficient (Wildman–Crippen LogP) is 1.41. The molecule has 0 N–H and O–H groups in total. The van der Waals surface area contributed by atoms with Crippen LogP contribution in [0.15, 0.2) is 0 Å². The largest absolute Gasteiger partial charge is 0.352 e. The van der Waals surface area contributed by atoms with Gasteiger partial charge in [0.25, 0.3) is 0 Å². The molecule has 1 saturated carbocycles. The highest BCUT2D eigenvalue weighted by Gasteiger charge is 2.41. The molecule has 0 aromatic carbocycles. The van der Waals surface area contributed by atoms with E-state index in [-0.39, 0.29) is 6.29 Å². The van der Waals surface area contributed by atoms with Crippen molar-refractivity contribution >= 4 is 0 Å². The van der Waals surface area contributed by atoms with E-state index < -0.39 is 0 Å². The maximum atomic E-state index is 5.45. The minimum atomic E-state index is 0.142. The summed E-state index contributed by atoms with van der Waals surface area (Å²) in [6.07, 6.45) is 2.51. The van der Waals surface area contributed by atoms with Gasteiger partial charge in [0.15, 0.2) is 6.29 Å². The predicted molar refractivity (Wildman–Crippen MR) is 37.6 cm³/mol. The molecule has 1 saturated heterocycles. The first-order valence-electron chi connectivity index (χ1n) is 4.11. The van der Waals surface area contributed by atoms with Crippen LogP contribution in [0.3, 0.4) is 0 Å². The second kappa shape index (κ2) is 2.51. The highest BCUT2D eigenvalue weighted by atomic mass is 16.7. The molecule has 2 unspecified atom stereocenters. The highest BCUT2D eigenvalue weighted by Crippen LogP contribution is 2.42. The van der Waals surface area contributed by atoms with Gasteiger partial charge in [-0.15, -0.1) is 0 Å². The minimum Gasteiger partial charge on any atom is -0.352 e. The summed E-state index contributed by atoms with van der Waals surface area (Å²) in [7, 11) is 0. The molecule has 0 amide bonds. The summed E-state index contributed by atoms with van der Waals surface area (Å²) < 4.78 is 10.9. The topological polar surface area (TPSA) is 18.5 Å². The van der Waals surface area contributed by atoms with Gasteiger partial charge in [-0.2, -0.15) is 0 Å². The van der Waals surface area contributed by atoms with E-state index >= 15 is 0 Å². The zero-order valence-corrected chi connectivity index (χ0v) is 6.38. The quantitative estimate of drug-likeness (QED) is 0.551. The Morgan fingerprint density at radius 3 is 2.30 bits per heavy atom. The standard InChI is InChI=1S/C8H14O2/c1-6-5-7(6)8-9-3-2-4-10-8/h6-8H,2-5H2,1H3. The highest BCUT2D eigenvalue weighted by molar-refractivity contribution is 4.85. The Morgan fingerprint density at radius 1 is 1.20 bits per heavy atom. The van der Waals surface area contributed by atoms with Crippen LogP contribution in [0.4, 0.5) is 0 Å². The van der Waals surface area contributed by atoms with Gasteiger partial charge in [0, 0.05) is 5.92 Å². The van der Waals surface area contributed by atoms with Gasteiger partial charge in [-0.05, 0) is 18.8 Å². The van der Waals surface area contributed by atoms with Gasteiger partial charge in [0.1, 0.15) is 0 Å². The lowest BCUT2D eigenvalue weighted by atomic mass is 10.3. The van der Waals surface area contributed by atoms with Gasteiger partial charge < -0.3 is 9.47 Å². The van der Waals surface area contributed by atoms with E-state index in [0.29, 0.717) is 5.92 Å². The smallest absolute Gasteiger partial charge is 0.160 e. The van der Waals surface area contributed by atoms with Crippen molar-refractivity contribution in [2.75, 3.05) is 13.2 Å². The van der Waals surface area contributed by atoms with Gasteiger partial charge in [-0.25, -0.2) is 0 Å². The lowest BCUT2D eigenvalue weighted by Gasteiger charge is -2.23. The van der Waals surface area contributed by atoms with E-state index in [1.54, 1.807) is 0 Å². The Bertz CT molecular complexity index is 118. The van der Waals surface area contributed by atoms with Gasteiger partial charge in [0.2, 0.25) is 0 Å². The third kappa shape index (κ3) is 1.18. The fourth-order valence-corrected chi connectivity index (χ4v) is 1.48. The molecule has 0 aromatic heterocycles. The third-order valence-corrected chi connectivity index (χ3v) is 2.37. The first kappa shape index (κ1) is 6.62. The van der Waals surface area contributed by atoms with Crippen LogP contribution in [-0.4, -0.2) is 19.5 Å². The lowest BCUT2D eigenvalue weighted by Crippen LogP contribution is -2.27. The molecule has 0 bridgehead atoms. The molecule has 2 nitrogen and oxygen atoms in total. The van der Waals surface area contributed by atoms with Crippen molar-refractivity contribution in [3.05, 3.63) is 0 Å². The van der Waals surface area contributed by atoms with Crippen LogP contribution < -0.4 is 0 Å². The van der Waals surface area contributed by atoms with Gasteiger partial charge in [0.05, 0.1) is 13.2 Å². The second-order valence-corrected chi connectivity index (χ2v) is 3.34.